The third-order valence-corrected chi connectivity index (χ3v) is 4.45. The van der Waals surface area contributed by atoms with Crippen molar-refractivity contribution >= 4 is 5.97 Å². The Hall–Kier alpha value is -0.610. The monoisotopic (exact) mass is 258 g/mol. The van der Waals surface area contributed by atoms with Crippen molar-refractivity contribution in [1.29, 1.82) is 0 Å². The number of hydrogen-bond acceptors (Lipinski definition) is 4. The van der Waals surface area contributed by atoms with E-state index in [1.165, 1.54) is 0 Å². The summed E-state index contributed by atoms with van der Waals surface area (Å²) in [5.41, 5.74) is -0.887. The summed E-state index contributed by atoms with van der Waals surface area (Å²) in [6.07, 6.45) is 0. The molecule has 0 atom stereocenters. The molecular formula is C14H26O4. The number of hydrogen-bond donors (Lipinski definition) is 0. The van der Waals surface area contributed by atoms with Crippen LogP contribution in [0.5, 0.6) is 0 Å². The van der Waals surface area contributed by atoms with E-state index < -0.39 is 17.2 Å². The summed E-state index contributed by atoms with van der Waals surface area (Å²) < 4.78 is 5.12. The van der Waals surface area contributed by atoms with E-state index in [4.69, 9.17) is 14.5 Å². The third kappa shape index (κ3) is 1.95. The molecule has 0 aromatic rings. The first-order chi connectivity index (χ1) is 7.94. The van der Waals surface area contributed by atoms with E-state index in [1.54, 1.807) is 6.92 Å². The lowest BCUT2D eigenvalue weighted by atomic mass is 9.51. The predicted molar refractivity (Wildman–Crippen MR) is 68.6 cm³/mol. The van der Waals surface area contributed by atoms with Gasteiger partial charge in [0.25, 0.3) is 0 Å². The average molecular weight is 258 g/mol. The normalized spacial score (nSPS) is 19.6. The van der Waals surface area contributed by atoms with E-state index >= 15 is 0 Å². The molecule has 0 aromatic carbocycles. The number of rotatable bonds is 3. The highest BCUT2D eigenvalue weighted by Gasteiger charge is 2.76. The minimum absolute atomic E-state index is 0.186. The fourth-order valence-electron chi connectivity index (χ4n) is 2.82. The molecule has 1 saturated heterocycles. The van der Waals surface area contributed by atoms with Gasteiger partial charge in [0.2, 0.25) is 0 Å². The van der Waals surface area contributed by atoms with Gasteiger partial charge in [-0.1, -0.05) is 48.5 Å². The van der Waals surface area contributed by atoms with Gasteiger partial charge in [-0.3, -0.25) is 0 Å². The van der Waals surface area contributed by atoms with E-state index in [0.717, 1.165) is 0 Å². The second kappa shape index (κ2) is 4.20. The molecule has 1 heterocycles. The third-order valence-electron chi connectivity index (χ3n) is 4.45. The second-order valence-electron chi connectivity index (χ2n) is 7.13. The average Bonchev–Trinajstić information content (AvgIpc) is 2.94. The van der Waals surface area contributed by atoms with Gasteiger partial charge >= 0.3 is 11.8 Å². The van der Waals surface area contributed by atoms with Gasteiger partial charge in [0.1, 0.15) is 0 Å². The Morgan fingerprint density at radius 2 is 1.39 bits per heavy atom. The molecule has 18 heavy (non-hydrogen) atoms. The fourth-order valence-corrected chi connectivity index (χ4v) is 2.82. The minimum Gasteiger partial charge on any atom is -0.462 e. The minimum atomic E-state index is -1.28. The Morgan fingerprint density at radius 3 is 1.61 bits per heavy atom. The SMILES string of the molecule is CCOC(=O)C1(C(C)(C(C)(C)C)C(C)(C)C)OO1. The van der Waals surface area contributed by atoms with Crippen molar-refractivity contribution in [3.05, 3.63) is 0 Å². The molecule has 0 aliphatic carbocycles. The fraction of sp³-hybridized carbons (Fsp3) is 0.929. The first-order valence-corrected chi connectivity index (χ1v) is 6.48. The predicted octanol–water partition coefficient (Wildman–Crippen LogP) is 3.31. The summed E-state index contributed by atoms with van der Waals surface area (Å²) in [4.78, 5) is 22.5. The van der Waals surface area contributed by atoms with Crippen LogP contribution in [-0.2, 0) is 19.3 Å². The van der Waals surface area contributed by atoms with Crippen LogP contribution < -0.4 is 0 Å². The van der Waals surface area contributed by atoms with Gasteiger partial charge in [-0.2, -0.15) is 9.78 Å². The molecule has 106 valence electrons. The zero-order valence-corrected chi connectivity index (χ0v) is 12.8. The molecule has 1 aliphatic heterocycles. The molecule has 0 N–H and O–H groups in total. The molecule has 0 radical (unpaired) electrons. The van der Waals surface area contributed by atoms with Gasteiger partial charge in [-0.25, -0.2) is 4.79 Å². The van der Waals surface area contributed by atoms with Crippen molar-refractivity contribution in [3.63, 3.8) is 0 Å². The summed E-state index contributed by atoms with van der Waals surface area (Å²) in [6, 6.07) is 0. The lowest BCUT2D eigenvalue weighted by Gasteiger charge is -2.51. The second-order valence-corrected chi connectivity index (χ2v) is 7.13. The smallest absolute Gasteiger partial charge is 0.373 e. The van der Waals surface area contributed by atoms with Crippen molar-refractivity contribution in [3.8, 4) is 0 Å². The van der Waals surface area contributed by atoms with Crippen molar-refractivity contribution in [2.75, 3.05) is 6.61 Å². The van der Waals surface area contributed by atoms with Crippen molar-refractivity contribution in [1.82, 2.24) is 0 Å². The van der Waals surface area contributed by atoms with Crippen LogP contribution in [0.15, 0.2) is 0 Å². The van der Waals surface area contributed by atoms with Gasteiger partial charge < -0.3 is 4.74 Å². The van der Waals surface area contributed by atoms with Crippen LogP contribution >= 0.6 is 0 Å². The van der Waals surface area contributed by atoms with E-state index in [1.807, 2.05) is 6.92 Å². The standard InChI is InChI=1S/C14H26O4/c1-9-16-10(15)14(17-18-14)13(8,11(2,3)4)12(5,6)7/h9H2,1-8H3. The highest BCUT2D eigenvalue weighted by Crippen LogP contribution is 2.64. The summed E-state index contributed by atoms with van der Waals surface area (Å²) in [7, 11) is 0. The van der Waals surface area contributed by atoms with E-state index in [0.29, 0.717) is 6.61 Å². The van der Waals surface area contributed by atoms with E-state index in [-0.39, 0.29) is 10.8 Å². The van der Waals surface area contributed by atoms with Gasteiger partial charge in [0, 0.05) is 5.41 Å². The Bertz CT molecular complexity index is 315. The largest absolute Gasteiger partial charge is 0.462 e. The zero-order valence-electron chi connectivity index (χ0n) is 12.8. The lowest BCUT2D eigenvalue weighted by Crippen LogP contribution is -2.57. The molecule has 0 bridgehead atoms. The maximum atomic E-state index is 12.2. The Kier molecular flexibility index (Phi) is 3.61. The van der Waals surface area contributed by atoms with Crippen LogP contribution in [0.3, 0.4) is 0 Å². The molecule has 1 fully saturated rings. The highest BCUT2D eigenvalue weighted by atomic mass is 17.4. The number of esters is 1. The van der Waals surface area contributed by atoms with Crippen LogP contribution in [0.4, 0.5) is 0 Å². The van der Waals surface area contributed by atoms with Crippen LogP contribution in [-0.4, -0.2) is 18.4 Å². The van der Waals surface area contributed by atoms with Crippen LogP contribution in [0.25, 0.3) is 0 Å². The van der Waals surface area contributed by atoms with Crippen molar-refractivity contribution in [2.24, 2.45) is 16.2 Å². The highest BCUT2D eigenvalue weighted by molar-refractivity contribution is 5.80. The molecule has 0 aromatic heterocycles. The Balaban J connectivity index is 3.26. The first kappa shape index (κ1) is 15.4. The molecule has 4 nitrogen and oxygen atoms in total. The zero-order chi connectivity index (χ0) is 14.4. The summed E-state index contributed by atoms with van der Waals surface area (Å²) >= 11 is 0. The van der Waals surface area contributed by atoms with E-state index in [2.05, 4.69) is 41.5 Å². The molecule has 1 rings (SSSR count). The van der Waals surface area contributed by atoms with Crippen LogP contribution in [0.1, 0.15) is 55.4 Å². The summed E-state index contributed by atoms with van der Waals surface area (Å²) in [5, 5.41) is 0. The van der Waals surface area contributed by atoms with Crippen LogP contribution in [0, 0.1) is 16.2 Å². The molecule has 1 aliphatic rings. The van der Waals surface area contributed by atoms with E-state index in [9.17, 15) is 4.79 Å². The molecular weight excluding hydrogens is 232 g/mol. The van der Waals surface area contributed by atoms with Gasteiger partial charge in [0.15, 0.2) is 0 Å². The van der Waals surface area contributed by atoms with Crippen LogP contribution in [0.2, 0.25) is 0 Å². The van der Waals surface area contributed by atoms with Gasteiger partial charge in [0.05, 0.1) is 6.61 Å². The van der Waals surface area contributed by atoms with Crippen molar-refractivity contribution in [2.45, 2.75) is 61.2 Å². The van der Waals surface area contributed by atoms with Gasteiger partial charge in [-0.05, 0) is 17.8 Å². The lowest BCUT2D eigenvalue weighted by molar-refractivity contribution is -0.172. The summed E-state index contributed by atoms with van der Waals surface area (Å²) in [6.45, 7) is 16.6. The maximum absolute atomic E-state index is 12.2. The number of ether oxygens (including phenoxy) is 1. The molecule has 4 heteroatoms. The quantitative estimate of drug-likeness (QED) is 0.443. The first-order valence-electron chi connectivity index (χ1n) is 6.48. The van der Waals surface area contributed by atoms with Gasteiger partial charge in [-0.15, -0.1) is 0 Å². The number of carbonyl (C=O) groups is 1. The Morgan fingerprint density at radius 1 is 1.00 bits per heavy atom. The van der Waals surface area contributed by atoms with Crippen molar-refractivity contribution < 1.29 is 19.3 Å². The number of carbonyl (C=O) groups excluding carboxylic acids is 1. The molecule has 0 spiro atoms. The molecule has 0 unspecified atom stereocenters. The summed E-state index contributed by atoms with van der Waals surface area (Å²) in [5.74, 6) is -1.71. The Labute approximate surface area is 110 Å². The maximum Gasteiger partial charge on any atom is 0.373 e. The molecule has 0 amide bonds. The topological polar surface area (TPSA) is 51.4 Å². The molecule has 0 saturated carbocycles.